The zero-order chi connectivity index (χ0) is 18.5. The first-order valence-corrected chi connectivity index (χ1v) is 9.70. The summed E-state index contributed by atoms with van der Waals surface area (Å²) < 4.78 is 5.31. The third-order valence-electron chi connectivity index (χ3n) is 4.64. The monoisotopic (exact) mass is 369 g/mol. The maximum Gasteiger partial charge on any atom is 0.247 e. The van der Waals surface area contributed by atoms with Gasteiger partial charge in [0.15, 0.2) is 0 Å². The van der Waals surface area contributed by atoms with Gasteiger partial charge < -0.3 is 15.4 Å². The molecule has 0 radical (unpaired) electrons. The van der Waals surface area contributed by atoms with Crippen LogP contribution in [0.2, 0.25) is 0 Å². The van der Waals surface area contributed by atoms with Gasteiger partial charge in [-0.15, -0.1) is 11.3 Å². The zero-order valence-electron chi connectivity index (χ0n) is 15.1. The van der Waals surface area contributed by atoms with Crippen LogP contribution in [-0.2, 0) is 17.6 Å². The van der Waals surface area contributed by atoms with Gasteiger partial charge in [-0.1, -0.05) is 18.6 Å². The molecule has 6 heteroatoms. The van der Waals surface area contributed by atoms with Crippen molar-refractivity contribution in [3.05, 3.63) is 40.3 Å². The van der Waals surface area contributed by atoms with Crippen molar-refractivity contribution in [2.75, 3.05) is 17.7 Å². The predicted molar refractivity (Wildman–Crippen MR) is 105 cm³/mol. The average molecular weight is 369 g/mol. The highest BCUT2D eigenvalue weighted by molar-refractivity contribution is 7.16. The second kappa shape index (κ2) is 8.24. The van der Waals surface area contributed by atoms with Crippen molar-refractivity contribution in [1.82, 2.24) is 0 Å². The lowest BCUT2D eigenvalue weighted by Gasteiger charge is -2.17. The fourth-order valence-corrected chi connectivity index (χ4v) is 4.47. The maximum absolute atomic E-state index is 12.6. The number of ether oxygens (including phenoxy) is 1. The molecule has 26 heavy (non-hydrogen) atoms. The molecule has 5 nitrogen and oxygen atoms in total. The number of methoxy groups -OCH3 is 1. The Labute approximate surface area is 158 Å². The minimum absolute atomic E-state index is 0.163. The molecular weight excluding hydrogens is 346 g/mol. The Bertz CT molecular complexity index is 838. The highest BCUT2D eigenvalue weighted by Gasteiger charge is 2.23. The van der Waals surface area contributed by atoms with E-state index >= 15 is 0 Å². The number of hydrogen-bond donors (Lipinski definition) is 2. The molecule has 1 aliphatic rings. The molecule has 0 saturated carbocycles. The first-order valence-electron chi connectivity index (χ1n) is 8.89. The van der Waals surface area contributed by atoms with Crippen LogP contribution in [0.25, 0.3) is 0 Å². The van der Waals surface area contributed by atoms with Gasteiger partial charge in [0.25, 0.3) is 0 Å². The Hall–Kier alpha value is -2.52. The third kappa shape index (κ3) is 3.83. The van der Waals surface area contributed by atoms with Crippen LogP contribution < -0.4 is 15.4 Å². The van der Waals surface area contributed by atoms with Crippen molar-refractivity contribution in [2.24, 2.45) is 0 Å². The summed E-state index contributed by atoms with van der Waals surface area (Å²) in [6.45, 7) is 1.80. The SMILES string of the molecule is COc1ccccc1NC(C)C(=O)Nc1sc2c(c1C#N)CCCCC2. The van der Waals surface area contributed by atoms with Crippen LogP contribution in [0.4, 0.5) is 10.7 Å². The fourth-order valence-electron chi connectivity index (χ4n) is 3.23. The van der Waals surface area contributed by atoms with Gasteiger partial charge in [-0.2, -0.15) is 5.26 Å². The molecular formula is C20H23N3O2S. The smallest absolute Gasteiger partial charge is 0.247 e. The second-order valence-electron chi connectivity index (χ2n) is 6.44. The predicted octanol–water partition coefficient (Wildman–Crippen LogP) is 4.34. The van der Waals surface area contributed by atoms with Crippen molar-refractivity contribution >= 4 is 27.9 Å². The van der Waals surface area contributed by atoms with Gasteiger partial charge in [-0.3, -0.25) is 4.79 Å². The Morgan fingerprint density at radius 2 is 2.04 bits per heavy atom. The third-order valence-corrected chi connectivity index (χ3v) is 5.85. The van der Waals surface area contributed by atoms with Crippen LogP contribution >= 0.6 is 11.3 Å². The lowest BCUT2D eigenvalue weighted by molar-refractivity contribution is -0.116. The average Bonchev–Trinajstić information content (AvgIpc) is 2.81. The van der Waals surface area contributed by atoms with E-state index in [1.807, 2.05) is 24.3 Å². The van der Waals surface area contributed by atoms with Crippen LogP contribution in [0, 0.1) is 11.3 Å². The molecule has 0 fully saturated rings. The van der Waals surface area contributed by atoms with Crippen molar-refractivity contribution in [3.63, 3.8) is 0 Å². The van der Waals surface area contributed by atoms with E-state index in [9.17, 15) is 10.1 Å². The fraction of sp³-hybridized carbons (Fsp3) is 0.400. The molecule has 1 heterocycles. The molecule has 136 valence electrons. The zero-order valence-corrected chi connectivity index (χ0v) is 15.9. The van der Waals surface area contributed by atoms with Crippen LogP contribution in [0.1, 0.15) is 42.2 Å². The number of fused-ring (bicyclic) bond motifs is 1. The largest absolute Gasteiger partial charge is 0.495 e. The molecule has 3 rings (SSSR count). The van der Waals surface area contributed by atoms with E-state index in [0.29, 0.717) is 16.3 Å². The van der Waals surface area contributed by atoms with Gasteiger partial charge >= 0.3 is 0 Å². The lowest BCUT2D eigenvalue weighted by atomic mass is 10.1. The number of rotatable bonds is 5. The molecule has 0 spiro atoms. The van der Waals surface area contributed by atoms with E-state index in [2.05, 4.69) is 16.7 Å². The number of nitrogens with one attached hydrogen (secondary N) is 2. The van der Waals surface area contributed by atoms with Crippen molar-refractivity contribution < 1.29 is 9.53 Å². The van der Waals surface area contributed by atoms with Crippen molar-refractivity contribution in [1.29, 1.82) is 5.26 Å². The summed E-state index contributed by atoms with van der Waals surface area (Å²) in [6, 6.07) is 9.33. The summed E-state index contributed by atoms with van der Waals surface area (Å²) in [5, 5.41) is 16.4. The van der Waals surface area contributed by atoms with E-state index in [-0.39, 0.29) is 5.91 Å². The normalized spacial score (nSPS) is 14.5. The molecule has 2 N–H and O–H groups in total. The van der Waals surface area contributed by atoms with E-state index in [1.165, 1.54) is 11.3 Å². The summed E-state index contributed by atoms with van der Waals surface area (Å²) in [6.07, 6.45) is 5.39. The Kier molecular flexibility index (Phi) is 5.79. The number of para-hydroxylation sites is 2. The molecule has 0 aliphatic heterocycles. The number of aryl methyl sites for hydroxylation is 1. The highest BCUT2D eigenvalue weighted by atomic mass is 32.1. The number of anilines is 2. The van der Waals surface area contributed by atoms with Crippen LogP contribution in [0.5, 0.6) is 5.75 Å². The molecule has 1 aromatic heterocycles. The van der Waals surface area contributed by atoms with Crippen LogP contribution in [-0.4, -0.2) is 19.1 Å². The molecule has 1 atom stereocenters. The van der Waals surface area contributed by atoms with Gasteiger partial charge in [-0.25, -0.2) is 0 Å². The van der Waals surface area contributed by atoms with Gasteiger partial charge in [0, 0.05) is 4.88 Å². The summed E-state index contributed by atoms with van der Waals surface area (Å²) >= 11 is 1.55. The quantitative estimate of drug-likeness (QED) is 0.769. The number of hydrogen-bond acceptors (Lipinski definition) is 5. The van der Waals surface area contributed by atoms with Gasteiger partial charge in [0.2, 0.25) is 5.91 Å². The topological polar surface area (TPSA) is 74.2 Å². The molecule has 1 aromatic carbocycles. The van der Waals surface area contributed by atoms with Gasteiger partial charge in [0.1, 0.15) is 22.9 Å². The van der Waals surface area contributed by atoms with Crippen LogP contribution in [0.3, 0.4) is 0 Å². The Morgan fingerprint density at radius 3 is 2.81 bits per heavy atom. The molecule has 0 bridgehead atoms. The molecule has 0 saturated heterocycles. The second-order valence-corrected chi connectivity index (χ2v) is 7.54. The minimum Gasteiger partial charge on any atom is -0.495 e. The van der Waals surface area contributed by atoms with Crippen molar-refractivity contribution in [3.8, 4) is 11.8 Å². The molecule has 1 amide bonds. The number of nitrogens with zero attached hydrogens (tertiary/aromatic N) is 1. The van der Waals surface area contributed by atoms with Crippen LogP contribution in [0.15, 0.2) is 24.3 Å². The highest BCUT2D eigenvalue weighted by Crippen LogP contribution is 2.37. The van der Waals surface area contributed by atoms with E-state index < -0.39 is 6.04 Å². The standard InChI is InChI=1S/C20H23N3O2S/c1-13(22-16-9-6-7-10-17(16)25-2)19(24)23-20-15(12-21)14-8-4-3-5-11-18(14)26-20/h6-7,9-10,13,22H,3-5,8,11H2,1-2H3,(H,23,24). The molecule has 1 unspecified atom stereocenters. The Morgan fingerprint density at radius 1 is 1.27 bits per heavy atom. The lowest BCUT2D eigenvalue weighted by Crippen LogP contribution is -2.32. The summed E-state index contributed by atoms with van der Waals surface area (Å²) in [4.78, 5) is 13.9. The van der Waals surface area contributed by atoms with E-state index in [0.717, 1.165) is 36.9 Å². The van der Waals surface area contributed by atoms with Crippen molar-refractivity contribution in [2.45, 2.75) is 45.1 Å². The number of nitriles is 1. The number of thiophene rings is 1. The summed E-state index contributed by atoms with van der Waals surface area (Å²) in [7, 11) is 1.60. The number of amides is 1. The summed E-state index contributed by atoms with van der Waals surface area (Å²) in [5.74, 6) is 0.525. The van der Waals surface area contributed by atoms with E-state index in [4.69, 9.17) is 4.74 Å². The summed E-state index contributed by atoms with van der Waals surface area (Å²) in [5.41, 5.74) is 2.54. The minimum atomic E-state index is -0.459. The first-order chi connectivity index (χ1) is 12.6. The molecule has 2 aromatic rings. The van der Waals surface area contributed by atoms with Gasteiger partial charge in [0.05, 0.1) is 18.4 Å². The maximum atomic E-state index is 12.6. The van der Waals surface area contributed by atoms with Gasteiger partial charge in [-0.05, 0) is 50.3 Å². The number of carbonyl (C=O) groups is 1. The molecule has 1 aliphatic carbocycles. The van der Waals surface area contributed by atoms with E-state index in [1.54, 1.807) is 25.4 Å². The first kappa shape index (κ1) is 18.3. The number of carbonyl (C=O) groups excluding carboxylic acids is 1. The number of benzene rings is 1. The Balaban J connectivity index is 1.74.